The summed E-state index contributed by atoms with van der Waals surface area (Å²) in [6.07, 6.45) is 1.10. The summed E-state index contributed by atoms with van der Waals surface area (Å²) in [5.41, 5.74) is 3.55. The van der Waals surface area contributed by atoms with Gasteiger partial charge in [-0.1, -0.05) is 48.5 Å². The van der Waals surface area contributed by atoms with Crippen LogP contribution in [0.2, 0.25) is 0 Å². The van der Waals surface area contributed by atoms with Crippen LogP contribution in [0.1, 0.15) is 17.7 Å². The molecule has 6 heteroatoms. The van der Waals surface area contributed by atoms with Crippen molar-refractivity contribution in [2.24, 2.45) is 0 Å². The SMILES string of the molecule is Cc1nn2c(c1-c1ccccc1Oc1ccccc1)N(C(=O)Cc1ccc(O)cc1)CCC2. The minimum Gasteiger partial charge on any atom is -0.508 e. The number of phenolic OH excluding ortho intramolecular Hbond substituents is 1. The molecule has 0 saturated carbocycles. The van der Waals surface area contributed by atoms with Crippen molar-refractivity contribution < 1.29 is 14.6 Å². The molecule has 0 unspecified atom stereocenters. The molecule has 166 valence electrons. The van der Waals surface area contributed by atoms with Crippen LogP contribution < -0.4 is 9.64 Å². The Morgan fingerprint density at radius 1 is 0.970 bits per heavy atom. The molecule has 0 saturated heterocycles. The van der Waals surface area contributed by atoms with Crippen molar-refractivity contribution in [3.63, 3.8) is 0 Å². The van der Waals surface area contributed by atoms with Crippen molar-refractivity contribution in [3.05, 3.63) is 90.1 Å². The van der Waals surface area contributed by atoms with Crippen molar-refractivity contribution in [2.45, 2.75) is 26.3 Å². The van der Waals surface area contributed by atoms with E-state index in [0.717, 1.165) is 52.7 Å². The summed E-state index contributed by atoms with van der Waals surface area (Å²) in [5, 5.41) is 14.3. The number of phenols is 1. The molecule has 0 aliphatic carbocycles. The van der Waals surface area contributed by atoms with Gasteiger partial charge < -0.3 is 9.84 Å². The van der Waals surface area contributed by atoms with Gasteiger partial charge in [0.1, 0.15) is 23.1 Å². The first-order chi connectivity index (χ1) is 16.1. The Morgan fingerprint density at radius 3 is 2.48 bits per heavy atom. The lowest BCUT2D eigenvalue weighted by Crippen LogP contribution is -2.38. The number of nitrogens with zero attached hydrogens (tertiary/aromatic N) is 3. The van der Waals surface area contributed by atoms with E-state index in [1.54, 1.807) is 24.3 Å². The molecular formula is C27H25N3O3. The maximum Gasteiger partial charge on any atom is 0.232 e. The van der Waals surface area contributed by atoms with E-state index in [9.17, 15) is 9.90 Å². The second-order valence-corrected chi connectivity index (χ2v) is 8.16. The number of aryl methyl sites for hydroxylation is 2. The van der Waals surface area contributed by atoms with Crippen LogP contribution in [0.3, 0.4) is 0 Å². The second-order valence-electron chi connectivity index (χ2n) is 8.16. The zero-order valence-electron chi connectivity index (χ0n) is 18.4. The first-order valence-corrected chi connectivity index (χ1v) is 11.1. The van der Waals surface area contributed by atoms with Crippen LogP contribution in [-0.2, 0) is 17.8 Å². The smallest absolute Gasteiger partial charge is 0.232 e. The highest BCUT2D eigenvalue weighted by molar-refractivity contribution is 5.99. The van der Waals surface area contributed by atoms with E-state index >= 15 is 0 Å². The minimum atomic E-state index is 0.00393. The number of hydrogen-bond acceptors (Lipinski definition) is 4. The van der Waals surface area contributed by atoms with Gasteiger partial charge >= 0.3 is 0 Å². The van der Waals surface area contributed by atoms with Crippen LogP contribution >= 0.6 is 0 Å². The third-order valence-electron chi connectivity index (χ3n) is 5.83. The third kappa shape index (κ3) is 4.20. The van der Waals surface area contributed by atoms with E-state index in [0.29, 0.717) is 6.54 Å². The molecule has 0 radical (unpaired) electrons. The van der Waals surface area contributed by atoms with Crippen LogP contribution in [0.25, 0.3) is 11.1 Å². The number of carbonyl (C=O) groups is 1. The number of rotatable bonds is 5. The zero-order valence-corrected chi connectivity index (χ0v) is 18.4. The highest BCUT2D eigenvalue weighted by atomic mass is 16.5. The van der Waals surface area contributed by atoms with Gasteiger partial charge in [0, 0.05) is 18.7 Å². The number of aromatic nitrogens is 2. The van der Waals surface area contributed by atoms with Crippen LogP contribution in [0, 0.1) is 6.92 Å². The lowest BCUT2D eigenvalue weighted by molar-refractivity contribution is -0.118. The Labute approximate surface area is 192 Å². The Bertz CT molecular complexity index is 1280. The maximum absolute atomic E-state index is 13.4. The first-order valence-electron chi connectivity index (χ1n) is 11.1. The van der Waals surface area contributed by atoms with Crippen molar-refractivity contribution >= 4 is 11.7 Å². The molecule has 1 amide bonds. The van der Waals surface area contributed by atoms with Gasteiger partial charge in [-0.25, -0.2) is 4.68 Å². The predicted octanol–water partition coefficient (Wildman–Crippen LogP) is 5.34. The fourth-order valence-corrected chi connectivity index (χ4v) is 4.30. The van der Waals surface area contributed by atoms with Gasteiger partial charge in [0.15, 0.2) is 0 Å². The summed E-state index contributed by atoms with van der Waals surface area (Å²) >= 11 is 0. The van der Waals surface area contributed by atoms with Crippen molar-refractivity contribution in [1.82, 2.24) is 9.78 Å². The molecule has 0 bridgehead atoms. The minimum absolute atomic E-state index is 0.00393. The molecule has 2 heterocycles. The number of anilines is 1. The van der Waals surface area contributed by atoms with Crippen molar-refractivity contribution in [2.75, 3.05) is 11.4 Å². The van der Waals surface area contributed by atoms with Gasteiger partial charge in [0.2, 0.25) is 5.91 Å². The number of fused-ring (bicyclic) bond motifs is 1. The molecule has 1 aliphatic rings. The first kappa shape index (κ1) is 20.8. The topological polar surface area (TPSA) is 67.6 Å². The molecule has 0 fully saturated rings. The molecule has 1 aliphatic heterocycles. The van der Waals surface area contributed by atoms with Gasteiger partial charge in [-0.15, -0.1) is 0 Å². The predicted molar refractivity (Wildman–Crippen MR) is 128 cm³/mol. The van der Waals surface area contributed by atoms with Crippen LogP contribution in [-0.4, -0.2) is 27.3 Å². The molecule has 1 N–H and O–H groups in total. The summed E-state index contributed by atoms with van der Waals surface area (Å²) in [6.45, 7) is 3.38. The molecular weight excluding hydrogens is 414 g/mol. The number of hydrogen-bond donors (Lipinski definition) is 1. The van der Waals surface area contributed by atoms with Gasteiger partial charge in [0.05, 0.1) is 17.7 Å². The Morgan fingerprint density at radius 2 is 1.70 bits per heavy atom. The van der Waals surface area contributed by atoms with E-state index in [-0.39, 0.29) is 18.1 Å². The highest BCUT2D eigenvalue weighted by Gasteiger charge is 2.30. The Hall–Kier alpha value is -4.06. The average molecular weight is 440 g/mol. The van der Waals surface area contributed by atoms with E-state index in [1.165, 1.54) is 0 Å². The third-order valence-corrected chi connectivity index (χ3v) is 5.83. The maximum atomic E-state index is 13.4. The molecule has 1 aromatic heterocycles. The molecule has 4 aromatic rings. The van der Waals surface area contributed by atoms with E-state index < -0.39 is 0 Å². The molecule has 5 rings (SSSR count). The molecule has 0 atom stereocenters. The second kappa shape index (κ2) is 8.82. The van der Waals surface area contributed by atoms with E-state index in [2.05, 4.69) is 0 Å². The quantitative estimate of drug-likeness (QED) is 0.456. The number of aromatic hydroxyl groups is 1. The zero-order chi connectivity index (χ0) is 22.8. The number of benzene rings is 3. The molecule has 0 spiro atoms. The van der Waals surface area contributed by atoms with Gasteiger partial charge in [-0.3, -0.25) is 9.69 Å². The van der Waals surface area contributed by atoms with Crippen molar-refractivity contribution in [1.29, 1.82) is 0 Å². The summed E-state index contributed by atoms with van der Waals surface area (Å²) in [7, 11) is 0. The lowest BCUT2D eigenvalue weighted by atomic mass is 10.0. The monoisotopic (exact) mass is 439 g/mol. The Kier molecular flexibility index (Phi) is 5.57. The summed E-state index contributed by atoms with van der Waals surface area (Å²) in [4.78, 5) is 15.2. The summed E-state index contributed by atoms with van der Waals surface area (Å²) < 4.78 is 8.15. The highest BCUT2D eigenvalue weighted by Crippen LogP contribution is 2.42. The van der Waals surface area contributed by atoms with Crippen molar-refractivity contribution in [3.8, 4) is 28.4 Å². The molecule has 33 heavy (non-hydrogen) atoms. The van der Waals surface area contributed by atoms with Gasteiger partial charge in [0.25, 0.3) is 0 Å². The molecule has 3 aromatic carbocycles. The summed E-state index contributed by atoms with van der Waals surface area (Å²) in [5.74, 6) is 2.48. The van der Waals surface area contributed by atoms with E-state index in [1.807, 2.05) is 71.1 Å². The van der Waals surface area contributed by atoms with Crippen LogP contribution in [0.4, 0.5) is 5.82 Å². The molecule has 6 nitrogen and oxygen atoms in total. The van der Waals surface area contributed by atoms with E-state index in [4.69, 9.17) is 9.84 Å². The normalized spacial score (nSPS) is 12.9. The van der Waals surface area contributed by atoms with Crippen LogP contribution in [0.5, 0.6) is 17.2 Å². The fourth-order valence-electron chi connectivity index (χ4n) is 4.30. The number of amides is 1. The Balaban J connectivity index is 1.53. The van der Waals surface area contributed by atoms with Gasteiger partial charge in [-0.05, 0) is 49.2 Å². The number of ether oxygens (including phenoxy) is 1. The average Bonchev–Trinajstić information content (AvgIpc) is 3.17. The number of carbonyl (C=O) groups excluding carboxylic acids is 1. The fraction of sp³-hybridized carbons (Fsp3) is 0.185. The lowest BCUT2D eigenvalue weighted by Gasteiger charge is -2.29. The van der Waals surface area contributed by atoms with Gasteiger partial charge in [-0.2, -0.15) is 5.10 Å². The van der Waals surface area contributed by atoms with Crippen LogP contribution in [0.15, 0.2) is 78.9 Å². The standard InChI is InChI=1S/C27H25N3O3/c1-19-26(23-10-5-6-11-24(23)33-22-8-3-2-4-9-22)27-29(16-7-17-30(27)28-19)25(32)18-20-12-14-21(31)15-13-20/h2-6,8-15,31H,7,16-18H2,1H3. The largest absolute Gasteiger partial charge is 0.508 e. The summed E-state index contributed by atoms with van der Waals surface area (Å²) in [6, 6.07) is 24.3. The number of para-hydroxylation sites is 2.